The van der Waals surface area contributed by atoms with Crippen LogP contribution in [0, 0.1) is 6.92 Å². The van der Waals surface area contributed by atoms with E-state index in [0.29, 0.717) is 5.56 Å². The summed E-state index contributed by atoms with van der Waals surface area (Å²) in [5.41, 5.74) is 4.26. The third-order valence-corrected chi connectivity index (χ3v) is 4.16. The topological polar surface area (TPSA) is 29.1 Å². The molecule has 0 fully saturated rings. The number of amides is 1. The van der Waals surface area contributed by atoms with Crippen molar-refractivity contribution in [1.29, 1.82) is 0 Å². The maximum Gasteiger partial charge on any atom is 0.255 e. The van der Waals surface area contributed by atoms with Gasteiger partial charge in [-0.15, -0.1) is 0 Å². The van der Waals surface area contributed by atoms with Crippen LogP contribution in [0.25, 0.3) is 10.8 Å². The summed E-state index contributed by atoms with van der Waals surface area (Å²) >= 11 is 0. The molecular weight excluding hydrogens is 270 g/mol. The fourth-order valence-electron chi connectivity index (χ4n) is 2.84. The standard InChI is InChI=1S/C20H21NO.H2/c1-3-15-5-4-6-19(12-15)21-20(22)18-10-9-16-11-14(2)7-8-17(16)13-18;/h6-13H,3-5H2,1-2H3,(H,21,22);1H. The lowest BCUT2D eigenvalue weighted by Crippen LogP contribution is -2.22. The number of aryl methyl sites for hydroxylation is 1. The second kappa shape index (κ2) is 6.18. The van der Waals surface area contributed by atoms with Gasteiger partial charge in [0.2, 0.25) is 0 Å². The highest BCUT2D eigenvalue weighted by atomic mass is 16.1. The van der Waals surface area contributed by atoms with E-state index in [1.165, 1.54) is 16.5 Å². The van der Waals surface area contributed by atoms with Gasteiger partial charge in [0.1, 0.15) is 0 Å². The van der Waals surface area contributed by atoms with Crippen molar-refractivity contribution in [2.24, 2.45) is 0 Å². The summed E-state index contributed by atoms with van der Waals surface area (Å²) in [7, 11) is 0. The Morgan fingerprint density at radius 2 is 1.95 bits per heavy atom. The molecule has 2 nitrogen and oxygen atoms in total. The van der Waals surface area contributed by atoms with Gasteiger partial charge in [0.15, 0.2) is 0 Å². The van der Waals surface area contributed by atoms with Crippen LogP contribution in [0.2, 0.25) is 0 Å². The summed E-state index contributed by atoms with van der Waals surface area (Å²) in [6, 6.07) is 12.1. The van der Waals surface area contributed by atoms with Gasteiger partial charge in [-0.05, 0) is 55.2 Å². The lowest BCUT2D eigenvalue weighted by molar-refractivity contribution is 0.0967. The average Bonchev–Trinajstić information content (AvgIpc) is 2.54. The van der Waals surface area contributed by atoms with Crippen molar-refractivity contribution in [3.63, 3.8) is 0 Å². The Hall–Kier alpha value is -2.35. The third-order valence-electron chi connectivity index (χ3n) is 4.16. The second-order valence-corrected chi connectivity index (χ2v) is 5.87. The van der Waals surface area contributed by atoms with Gasteiger partial charge in [-0.25, -0.2) is 0 Å². The Balaban J connectivity index is 0.00000192. The molecule has 0 bridgehead atoms. The molecule has 114 valence electrons. The largest absolute Gasteiger partial charge is 0.322 e. The summed E-state index contributed by atoms with van der Waals surface area (Å²) < 4.78 is 0. The maximum atomic E-state index is 12.4. The normalized spacial score (nSPS) is 14.5. The minimum Gasteiger partial charge on any atom is -0.322 e. The molecule has 2 aromatic carbocycles. The summed E-state index contributed by atoms with van der Waals surface area (Å²) in [4.78, 5) is 12.4. The molecule has 0 aliphatic heterocycles. The van der Waals surface area contributed by atoms with Gasteiger partial charge in [0.25, 0.3) is 5.91 Å². The number of fused-ring (bicyclic) bond motifs is 1. The quantitative estimate of drug-likeness (QED) is 0.834. The number of carbonyl (C=O) groups excluding carboxylic acids is 1. The molecule has 1 N–H and O–H groups in total. The van der Waals surface area contributed by atoms with Crippen LogP contribution in [0.15, 0.2) is 59.8 Å². The maximum absolute atomic E-state index is 12.4. The zero-order chi connectivity index (χ0) is 15.5. The number of hydrogen-bond donors (Lipinski definition) is 1. The molecule has 0 spiro atoms. The van der Waals surface area contributed by atoms with Gasteiger partial charge in [-0.2, -0.15) is 0 Å². The summed E-state index contributed by atoms with van der Waals surface area (Å²) in [5.74, 6) is -0.0395. The average molecular weight is 293 g/mol. The molecule has 1 amide bonds. The van der Waals surface area contributed by atoms with E-state index in [2.05, 4.69) is 49.5 Å². The van der Waals surface area contributed by atoms with E-state index in [9.17, 15) is 4.79 Å². The van der Waals surface area contributed by atoms with Crippen molar-refractivity contribution in [3.8, 4) is 0 Å². The molecule has 0 aromatic heterocycles. The van der Waals surface area contributed by atoms with Crippen LogP contribution in [0.4, 0.5) is 0 Å². The molecule has 2 aromatic rings. The van der Waals surface area contributed by atoms with Crippen LogP contribution < -0.4 is 5.32 Å². The summed E-state index contributed by atoms with van der Waals surface area (Å²) in [6.45, 7) is 4.23. The highest BCUT2D eigenvalue weighted by Crippen LogP contribution is 2.20. The molecule has 1 aliphatic rings. The Bertz CT molecular complexity index is 789. The first-order valence-electron chi connectivity index (χ1n) is 7.87. The molecule has 22 heavy (non-hydrogen) atoms. The fraction of sp³-hybridized carbons (Fsp3) is 0.250. The van der Waals surface area contributed by atoms with Crippen molar-refractivity contribution in [2.75, 3.05) is 0 Å². The number of carbonyl (C=O) groups is 1. The number of allylic oxidation sites excluding steroid dienone is 3. The van der Waals surface area contributed by atoms with Gasteiger partial charge in [-0.1, -0.05) is 48.4 Å². The van der Waals surface area contributed by atoms with Gasteiger partial charge in [0.05, 0.1) is 0 Å². The SMILES string of the molecule is CCC1=CC(NC(=O)c2ccc3cc(C)ccc3c2)=CCC1.[HH]. The zero-order valence-corrected chi connectivity index (χ0v) is 13.1. The minimum atomic E-state index is -0.0395. The number of benzene rings is 2. The van der Waals surface area contributed by atoms with E-state index in [1.807, 2.05) is 18.2 Å². The predicted octanol–water partition coefficient (Wildman–Crippen LogP) is 5.14. The number of nitrogens with one attached hydrogen (secondary N) is 1. The molecule has 2 heteroatoms. The number of hydrogen-bond acceptors (Lipinski definition) is 1. The third kappa shape index (κ3) is 3.11. The van der Waals surface area contributed by atoms with Gasteiger partial charge >= 0.3 is 0 Å². The minimum absolute atomic E-state index is 0. The lowest BCUT2D eigenvalue weighted by atomic mass is 10.0. The lowest BCUT2D eigenvalue weighted by Gasteiger charge is -2.14. The molecule has 0 radical (unpaired) electrons. The Kier molecular flexibility index (Phi) is 4.10. The van der Waals surface area contributed by atoms with E-state index >= 15 is 0 Å². The van der Waals surface area contributed by atoms with E-state index in [-0.39, 0.29) is 7.33 Å². The van der Waals surface area contributed by atoms with Gasteiger partial charge in [0, 0.05) is 12.7 Å². The van der Waals surface area contributed by atoms with Crippen LogP contribution in [0.5, 0.6) is 0 Å². The predicted molar refractivity (Wildman–Crippen MR) is 94.0 cm³/mol. The zero-order valence-electron chi connectivity index (χ0n) is 13.1. The molecule has 0 unspecified atom stereocenters. The summed E-state index contributed by atoms with van der Waals surface area (Å²) in [6.07, 6.45) is 7.35. The second-order valence-electron chi connectivity index (χ2n) is 5.87. The van der Waals surface area contributed by atoms with Crippen LogP contribution in [-0.4, -0.2) is 5.91 Å². The molecular formula is C20H23NO. The van der Waals surface area contributed by atoms with E-state index in [0.717, 1.165) is 30.3 Å². The summed E-state index contributed by atoms with van der Waals surface area (Å²) in [5, 5.41) is 5.29. The van der Waals surface area contributed by atoms with Crippen LogP contribution in [0.3, 0.4) is 0 Å². The van der Waals surface area contributed by atoms with Crippen molar-refractivity contribution < 1.29 is 6.22 Å². The molecule has 0 saturated carbocycles. The first kappa shape index (κ1) is 14.6. The van der Waals surface area contributed by atoms with Crippen molar-refractivity contribution >= 4 is 16.7 Å². The smallest absolute Gasteiger partial charge is 0.255 e. The Labute approximate surface area is 133 Å². The highest BCUT2D eigenvalue weighted by molar-refractivity contribution is 5.99. The van der Waals surface area contributed by atoms with E-state index in [1.54, 1.807) is 0 Å². The van der Waals surface area contributed by atoms with Crippen LogP contribution in [-0.2, 0) is 0 Å². The molecule has 0 saturated heterocycles. The van der Waals surface area contributed by atoms with Gasteiger partial charge in [-0.3, -0.25) is 4.79 Å². The van der Waals surface area contributed by atoms with Crippen molar-refractivity contribution in [1.82, 2.24) is 5.32 Å². The molecule has 1 aliphatic carbocycles. The van der Waals surface area contributed by atoms with Crippen molar-refractivity contribution in [3.05, 3.63) is 70.9 Å². The van der Waals surface area contributed by atoms with E-state index < -0.39 is 0 Å². The monoisotopic (exact) mass is 293 g/mol. The van der Waals surface area contributed by atoms with Crippen LogP contribution in [0.1, 0.15) is 43.5 Å². The van der Waals surface area contributed by atoms with E-state index in [4.69, 9.17) is 0 Å². The Morgan fingerprint density at radius 3 is 2.77 bits per heavy atom. The number of rotatable bonds is 3. The first-order chi connectivity index (χ1) is 10.7. The molecule has 0 atom stereocenters. The first-order valence-corrected chi connectivity index (χ1v) is 7.87. The Morgan fingerprint density at radius 1 is 1.18 bits per heavy atom. The fourth-order valence-corrected chi connectivity index (χ4v) is 2.84. The van der Waals surface area contributed by atoms with Gasteiger partial charge < -0.3 is 5.32 Å². The highest BCUT2D eigenvalue weighted by Gasteiger charge is 2.10. The molecule has 0 heterocycles. The van der Waals surface area contributed by atoms with Crippen LogP contribution >= 0.6 is 0 Å². The van der Waals surface area contributed by atoms with Crippen molar-refractivity contribution in [2.45, 2.75) is 33.1 Å². The molecule has 3 rings (SSSR count).